The Kier molecular flexibility index (Phi) is 4.47. The normalized spacial score (nSPS) is 17.8. The third-order valence-electron chi connectivity index (χ3n) is 3.75. The highest BCUT2D eigenvalue weighted by Crippen LogP contribution is 2.30. The second-order valence-electron chi connectivity index (χ2n) is 4.82. The van der Waals surface area contributed by atoms with E-state index in [9.17, 15) is 0 Å². The van der Waals surface area contributed by atoms with Crippen molar-refractivity contribution in [2.75, 3.05) is 18.0 Å². The molecule has 104 valence electrons. The molecule has 0 spiro atoms. The summed E-state index contributed by atoms with van der Waals surface area (Å²) in [6.07, 6.45) is 5.17. The SMILES string of the molecule is CCC1CCN(c2nccc(/C(N)=N/O)c2Cl)CC1. The Labute approximate surface area is 118 Å². The Balaban J connectivity index is 2.22. The molecule has 1 aromatic rings. The maximum absolute atomic E-state index is 8.75. The molecular weight excluding hydrogens is 264 g/mol. The van der Waals surface area contributed by atoms with Crippen LogP contribution in [0.1, 0.15) is 31.7 Å². The Morgan fingerprint density at radius 2 is 2.26 bits per heavy atom. The van der Waals surface area contributed by atoms with Gasteiger partial charge in [0.2, 0.25) is 0 Å². The molecule has 1 fully saturated rings. The number of pyridine rings is 1. The fourth-order valence-corrected chi connectivity index (χ4v) is 2.79. The molecule has 0 amide bonds. The van der Waals surface area contributed by atoms with Crippen LogP contribution in [0.4, 0.5) is 5.82 Å². The van der Waals surface area contributed by atoms with Crippen LogP contribution in [0.15, 0.2) is 17.4 Å². The van der Waals surface area contributed by atoms with Crippen LogP contribution in [0, 0.1) is 5.92 Å². The molecule has 0 saturated carbocycles. The first-order chi connectivity index (χ1) is 9.17. The lowest BCUT2D eigenvalue weighted by Gasteiger charge is -2.33. The van der Waals surface area contributed by atoms with Gasteiger partial charge in [-0.15, -0.1) is 0 Å². The molecule has 0 bridgehead atoms. The van der Waals surface area contributed by atoms with Gasteiger partial charge in [-0.1, -0.05) is 30.1 Å². The predicted molar refractivity (Wildman–Crippen MR) is 77.0 cm³/mol. The molecule has 6 heteroatoms. The predicted octanol–water partition coefficient (Wildman–Crippen LogP) is 2.46. The fraction of sp³-hybridized carbons (Fsp3) is 0.538. The van der Waals surface area contributed by atoms with Crippen molar-refractivity contribution in [3.8, 4) is 0 Å². The molecule has 0 aliphatic carbocycles. The number of aromatic nitrogens is 1. The molecular formula is C13H19ClN4O. The van der Waals surface area contributed by atoms with Crippen molar-refractivity contribution in [3.05, 3.63) is 22.8 Å². The van der Waals surface area contributed by atoms with E-state index in [4.69, 9.17) is 22.5 Å². The standard InChI is InChI=1S/C13H19ClN4O/c1-2-9-4-7-18(8-5-9)13-11(14)10(3-6-16-13)12(15)17-19/h3,6,9,19H,2,4-5,7-8H2,1H3,(H2,15,17). The van der Waals surface area contributed by atoms with Gasteiger partial charge in [-0.2, -0.15) is 0 Å². The topological polar surface area (TPSA) is 74.7 Å². The first-order valence-corrected chi connectivity index (χ1v) is 6.92. The smallest absolute Gasteiger partial charge is 0.171 e. The van der Waals surface area contributed by atoms with Crippen molar-refractivity contribution in [2.45, 2.75) is 26.2 Å². The van der Waals surface area contributed by atoms with Crippen LogP contribution >= 0.6 is 11.6 Å². The van der Waals surface area contributed by atoms with E-state index in [0.717, 1.165) is 37.7 Å². The van der Waals surface area contributed by atoms with E-state index in [2.05, 4.69) is 22.0 Å². The number of nitrogens with two attached hydrogens (primary N) is 1. The van der Waals surface area contributed by atoms with E-state index in [1.165, 1.54) is 6.42 Å². The molecule has 5 nitrogen and oxygen atoms in total. The number of nitrogens with zero attached hydrogens (tertiary/aromatic N) is 3. The van der Waals surface area contributed by atoms with Crippen molar-refractivity contribution in [1.82, 2.24) is 4.98 Å². The molecule has 19 heavy (non-hydrogen) atoms. The lowest BCUT2D eigenvalue weighted by atomic mass is 9.94. The minimum atomic E-state index is 0.0112. The van der Waals surface area contributed by atoms with E-state index in [-0.39, 0.29) is 5.84 Å². The monoisotopic (exact) mass is 282 g/mol. The van der Waals surface area contributed by atoms with Gasteiger partial charge in [-0.3, -0.25) is 0 Å². The summed E-state index contributed by atoms with van der Waals surface area (Å²) in [4.78, 5) is 6.50. The number of rotatable bonds is 3. The van der Waals surface area contributed by atoms with Crippen molar-refractivity contribution < 1.29 is 5.21 Å². The minimum Gasteiger partial charge on any atom is -0.409 e. The van der Waals surface area contributed by atoms with Crippen LogP contribution in [-0.4, -0.2) is 29.1 Å². The Morgan fingerprint density at radius 3 is 2.84 bits per heavy atom. The number of hydrogen-bond donors (Lipinski definition) is 2. The Bertz CT molecular complexity index is 470. The van der Waals surface area contributed by atoms with Gasteiger partial charge in [0.05, 0.1) is 5.02 Å². The summed E-state index contributed by atoms with van der Waals surface area (Å²) in [6, 6.07) is 1.65. The Hall–Kier alpha value is -1.49. The number of amidine groups is 1. The van der Waals surface area contributed by atoms with Gasteiger partial charge in [-0.05, 0) is 24.8 Å². The van der Waals surface area contributed by atoms with E-state index in [0.29, 0.717) is 10.6 Å². The zero-order valence-corrected chi connectivity index (χ0v) is 11.8. The van der Waals surface area contributed by atoms with Crippen LogP contribution in [0.25, 0.3) is 0 Å². The van der Waals surface area contributed by atoms with Crippen molar-refractivity contribution in [2.24, 2.45) is 16.8 Å². The van der Waals surface area contributed by atoms with Crippen molar-refractivity contribution in [1.29, 1.82) is 0 Å². The van der Waals surface area contributed by atoms with Gasteiger partial charge >= 0.3 is 0 Å². The zero-order valence-electron chi connectivity index (χ0n) is 11.0. The third kappa shape index (κ3) is 2.92. The number of piperidine rings is 1. The maximum atomic E-state index is 8.75. The summed E-state index contributed by atoms with van der Waals surface area (Å²) in [5.74, 6) is 1.53. The van der Waals surface area contributed by atoms with Crippen LogP contribution in [0.2, 0.25) is 5.02 Å². The second kappa shape index (κ2) is 6.10. The summed E-state index contributed by atoms with van der Waals surface area (Å²) >= 11 is 6.31. The van der Waals surface area contributed by atoms with Gasteiger partial charge in [0.15, 0.2) is 5.84 Å². The summed E-state index contributed by atoms with van der Waals surface area (Å²) in [7, 11) is 0. The molecule has 0 unspecified atom stereocenters. The highest BCUT2D eigenvalue weighted by molar-refractivity contribution is 6.36. The van der Waals surface area contributed by atoms with Crippen molar-refractivity contribution >= 4 is 23.3 Å². The first-order valence-electron chi connectivity index (χ1n) is 6.54. The van der Waals surface area contributed by atoms with E-state index < -0.39 is 0 Å². The largest absolute Gasteiger partial charge is 0.409 e. The molecule has 1 aliphatic rings. The van der Waals surface area contributed by atoms with Crippen LogP contribution < -0.4 is 10.6 Å². The number of oxime groups is 1. The summed E-state index contributed by atoms with van der Waals surface area (Å²) in [5.41, 5.74) is 6.13. The number of anilines is 1. The molecule has 1 saturated heterocycles. The van der Waals surface area contributed by atoms with Gasteiger partial charge in [0, 0.05) is 24.8 Å². The van der Waals surface area contributed by atoms with Crippen molar-refractivity contribution in [3.63, 3.8) is 0 Å². The summed E-state index contributed by atoms with van der Waals surface area (Å²) in [6.45, 7) is 4.13. The highest BCUT2D eigenvalue weighted by Gasteiger charge is 2.22. The lowest BCUT2D eigenvalue weighted by molar-refractivity contribution is 0.318. The first kappa shape index (κ1) is 13.9. The van der Waals surface area contributed by atoms with E-state index >= 15 is 0 Å². The van der Waals surface area contributed by atoms with Crippen LogP contribution in [0.5, 0.6) is 0 Å². The molecule has 2 heterocycles. The summed E-state index contributed by atoms with van der Waals surface area (Å²) in [5, 5.41) is 12.2. The number of halogens is 1. The average molecular weight is 283 g/mol. The van der Waals surface area contributed by atoms with Gasteiger partial charge < -0.3 is 15.8 Å². The molecule has 2 rings (SSSR count). The maximum Gasteiger partial charge on any atom is 0.171 e. The van der Waals surface area contributed by atoms with Crippen LogP contribution in [-0.2, 0) is 0 Å². The molecule has 1 aromatic heterocycles. The minimum absolute atomic E-state index is 0.0112. The molecule has 0 radical (unpaired) electrons. The zero-order chi connectivity index (χ0) is 13.8. The lowest BCUT2D eigenvalue weighted by Crippen LogP contribution is -2.34. The fourth-order valence-electron chi connectivity index (χ4n) is 2.46. The molecule has 0 atom stereocenters. The highest BCUT2D eigenvalue weighted by atomic mass is 35.5. The van der Waals surface area contributed by atoms with Gasteiger partial charge in [0.1, 0.15) is 5.82 Å². The quantitative estimate of drug-likeness (QED) is 0.386. The molecule has 0 aromatic carbocycles. The van der Waals surface area contributed by atoms with Gasteiger partial charge in [0.25, 0.3) is 0 Å². The Morgan fingerprint density at radius 1 is 1.58 bits per heavy atom. The molecule has 3 N–H and O–H groups in total. The number of hydrogen-bond acceptors (Lipinski definition) is 4. The van der Waals surface area contributed by atoms with E-state index in [1.54, 1.807) is 12.3 Å². The second-order valence-corrected chi connectivity index (χ2v) is 5.20. The summed E-state index contributed by atoms with van der Waals surface area (Å²) < 4.78 is 0. The van der Waals surface area contributed by atoms with E-state index in [1.807, 2.05) is 0 Å². The molecule has 1 aliphatic heterocycles. The van der Waals surface area contributed by atoms with Crippen LogP contribution in [0.3, 0.4) is 0 Å². The van der Waals surface area contributed by atoms with Gasteiger partial charge in [-0.25, -0.2) is 4.98 Å². The average Bonchev–Trinajstić information content (AvgIpc) is 2.47. The third-order valence-corrected chi connectivity index (χ3v) is 4.12.